The average molecular weight is 193 g/mol. The van der Waals surface area contributed by atoms with Crippen LogP contribution in [-0.4, -0.2) is 18.0 Å². The molecule has 0 amide bonds. The third kappa shape index (κ3) is 5.63. The van der Waals surface area contributed by atoms with Gasteiger partial charge < -0.3 is 4.90 Å². The lowest BCUT2D eigenvalue weighted by atomic mass is 10.2. The van der Waals surface area contributed by atoms with Crippen molar-refractivity contribution in [1.82, 2.24) is 4.90 Å². The van der Waals surface area contributed by atoms with E-state index in [1.165, 1.54) is 25.7 Å². The van der Waals surface area contributed by atoms with Gasteiger partial charge in [-0.3, -0.25) is 0 Å². The van der Waals surface area contributed by atoms with E-state index >= 15 is 0 Å². The normalized spacial score (nSPS) is 9.50. The number of allylic oxidation sites excluding steroid dienone is 1. The predicted molar refractivity (Wildman–Crippen MR) is 65.2 cm³/mol. The van der Waals surface area contributed by atoms with Crippen molar-refractivity contribution >= 4 is 0 Å². The lowest BCUT2D eigenvalue weighted by Crippen LogP contribution is -2.22. The summed E-state index contributed by atoms with van der Waals surface area (Å²) >= 11 is 0. The molecule has 80 valence electrons. The maximum atomic E-state index is 3.95. The van der Waals surface area contributed by atoms with Crippen LogP contribution in [0.15, 0.2) is 37.6 Å². The van der Waals surface area contributed by atoms with Crippen molar-refractivity contribution in [3.05, 3.63) is 37.6 Å². The third-order valence-corrected chi connectivity index (χ3v) is 2.27. The maximum Gasteiger partial charge on any atom is 0.0356 e. The zero-order valence-corrected chi connectivity index (χ0v) is 9.47. The molecule has 0 radical (unpaired) electrons. The first-order valence-electron chi connectivity index (χ1n) is 5.43. The van der Waals surface area contributed by atoms with Gasteiger partial charge in [-0.1, -0.05) is 45.4 Å². The molecule has 0 aromatic rings. The Hall–Kier alpha value is -0.980. The van der Waals surface area contributed by atoms with Crippen LogP contribution in [0, 0.1) is 0 Å². The first-order valence-corrected chi connectivity index (χ1v) is 5.43. The number of unbranched alkanes of at least 4 members (excludes halogenated alkanes) is 3. The van der Waals surface area contributed by atoms with E-state index in [-0.39, 0.29) is 0 Å². The largest absolute Gasteiger partial charge is 0.368 e. The topological polar surface area (TPSA) is 3.24 Å². The molecule has 1 heteroatoms. The van der Waals surface area contributed by atoms with Gasteiger partial charge >= 0.3 is 0 Å². The Kier molecular flexibility index (Phi) is 8.01. The van der Waals surface area contributed by atoms with E-state index in [1.807, 2.05) is 12.2 Å². The van der Waals surface area contributed by atoms with Crippen LogP contribution in [0.1, 0.15) is 32.6 Å². The van der Waals surface area contributed by atoms with Gasteiger partial charge in [-0.2, -0.15) is 0 Å². The second-order valence-corrected chi connectivity index (χ2v) is 3.49. The van der Waals surface area contributed by atoms with E-state index in [1.54, 1.807) is 0 Å². The maximum absolute atomic E-state index is 3.95. The number of nitrogens with zero attached hydrogens (tertiary/aromatic N) is 1. The van der Waals surface area contributed by atoms with Gasteiger partial charge in [-0.25, -0.2) is 0 Å². The van der Waals surface area contributed by atoms with E-state index in [9.17, 15) is 0 Å². The number of hydrogen-bond donors (Lipinski definition) is 0. The SMILES string of the molecule is C=CCN(CCCCCC)C(=C)C=C. The summed E-state index contributed by atoms with van der Waals surface area (Å²) in [5, 5.41) is 0. The van der Waals surface area contributed by atoms with Gasteiger partial charge in [0, 0.05) is 18.8 Å². The number of rotatable bonds is 9. The first kappa shape index (κ1) is 13.0. The molecule has 0 unspecified atom stereocenters. The quantitative estimate of drug-likeness (QED) is 0.306. The molecule has 0 bridgehead atoms. The lowest BCUT2D eigenvalue weighted by Gasteiger charge is -2.23. The Morgan fingerprint density at radius 1 is 1.21 bits per heavy atom. The van der Waals surface area contributed by atoms with Crippen molar-refractivity contribution < 1.29 is 0 Å². The standard InChI is InChI=1S/C13H23N/c1-5-8-9-10-12-14(11-6-2)13(4)7-3/h6-7H,2-5,8-12H2,1H3. The van der Waals surface area contributed by atoms with Crippen LogP contribution in [0.25, 0.3) is 0 Å². The van der Waals surface area contributed by atoms with Gasteiger partial charge in [0.1, 0.15) is 0 Å². The van der Waals surface area contributed by atoms with E-state index in [4.69, 9.17) is 0 Å². The van der Waals surface area contributed by atoms with Crippen LogP contribution in [0.5, 0.6) is 0 Å². The molecule has 0 aromatic carbocycles. The van der Waals surface area contributed by atoms with Crippen molar-refractivity contribution in [2.45, 2.75) is 32.6 Å². The minimum Gasteiger partial charge on any atom is -0.368 e. The molecule has 0 spiro atoms. The Morgan fingerprint density at radius 3 is 2.43 bits per heavy atom. The molecule has 0 saturated carbocycles. The summed E-state index contributed by atoms with van der Waals surface area (Å²) in [4.78, 5) is 2.22. The third-order valence-electron chi connectivity index (χ3n) is 2.27. The van der Waals surface area contributed by atoms with Gasteiger partial charge in [0.25, 0.3) is 0 Å². The average Bonchev–Trinajstić information content (AvgIpc) is 2.21. The molecule has 0 saturated heterocycles. The van der Waals surface area contributed by atoms with Crippen LogP contribution in [0.2, 0.25) is 0 Å². The molecule has 0 aliphatic carbocycles. The summed E-state index contributed by atoms with van der Waals surface area (Å²) in [7, 11) is 0. The Bertz CT molecular complexity index is 182. The van der Waals surface area contributed by atoms with Crippen LogP contribution >= 0.6 is 0 Å². The molecule has 0 fully saturated rings. The fourth-order valence-electron chi connectivity index (χ4n) is 1.37. The molecule has 0 aliphatic heterocycles. The van der Waals surface area contributed by atoms with Crippen molar-refractivity contribution in [1.29, 1.82) is 0 Å². The van der Waals surface area contributed by atoms with Crippen LogP contribution in [0.4, 0.5) is 0 Å². The Balaban J connectivity index is 3.78. The van der Waals surface area contributed by atoms with Gasteiger partial charge in [0.05, 0.1) is 0 Å². The Labute approximate surface area is 88.8 Å². The van der Waals surface area contributed by atoms with Gasteiger partial charge in [0.15, 0.2) is 0 Å². The fraction of sp³-hybridized carbons (Fsp3) is 0.538. The van der Waals surface area contributed by atoms with Crippen molar-refractivity contribution in [2.75, 3.05) is 13.1 Å². The highest BCUT2D eigenvalue weighted by molar-refractivity contribution is 5.10. The van der Waals surface area contributed by atoms with Gasteiger partial charge in [0.2, 0.25) is 0 Å². The highest BCUT2D eigenvalue weighted by Gasteiger charge is 2.01. The van der Waals surface area contributed by atoms with Crippen molar-refractivity contribution in [2.24, 2.45) is 0 Å². The summed E-state index contributed by atoms with van der Waals surface area (Å²) in [6, 6.07) is 0. The summed E-state index contributed by atoms with van der Waals surface area (Å²) in [6.45, 7) is 15.6. The minimum absolute atomic E-state index is 0.872. The summed E-state index contributed by atoms with van der Waals surface area (Å²) in [5.74, 6) is 0. The minimum atomic E-state index is 0.872. The molecule has 1 nitrogen and oxygen atoms in total. The lowest BCUT2D eigenvalue weighted by molar-refractivity contribution is 0.378. The fourth-order valence-corrected chi connectivity index (χ4v) is 1.37. The second kappa shape index (κ2) is 8.61. The molecular weight excluding hydrogens is 170 g/mol. The molecule has 0 rings (SSSR count). The smallest absolute Gasteiger partial charge is 0.0356 e. The molecule has 0 atom stereocenters. The molecule has 0 heterocycles. The highest BCUT2D eigenvalue weighted by Crippen LogP contribution is 2.07. The zero-order chi connectivity index (χ0) is 10.8. The Morgan fingerprint density at radius 2 is 1.93 bits per heavy atom. The van der Waals surface area contributed by atoms with Crippen LogP contribution < -0.4 is 0 Å². The summed E-state index contributed by atoms with van der Waals surface area (Å²) in [5.41, 5.74) is 1.00. The van der Waals surface area contributed by atoms with Gasteiger partial charge in [-0.15, -0.1) is 6.58 Å². The monoisotopic (exact) mass is 193 g/mol. The first-order chi connectivity index (χ1) is 6.76. The van der Waals surface area contributed by atoms with E-state index in [0.717, 1.165) is 18.8 Å². The number of hydrogen-bond acceptors (Lipinski definition) is 1. The second-order valence-electron chi connectivity index (χ2n) is 3.49. The molecule has 0 aliphatic rings. The molecule has 14 heavy (non-hydrogen) atoms. The van der Waals surface area contributed by atoms with Crippen LogP contribution in [-0.2, 0) is 0 Å². The molecular formula is C13H23N. The zero-order valence-electron chi connectivity index (χ0n) is 9.47. The molecule has 0 aromatic heterocycles. The van der Waals surface area contributed by atoms with Crippen molar-refractivity contribution in [3.8, 4) is 0 Å². The molecule has 0 N–H and O–H groups in total. The van der Waals surface area contributed by atoms with E-state index < -0.39 is 0 Å². The summed E-state index contributed by atoms with van der Waals surface area (Å²) in [6.07, 6.45) is 8.85. The summed E-state index contributed by atoms with van der Waals surface area (Å²) < 4.78 is 0. The predicted octanol–water partition coefficient (Wildman–Crippen LogP) is 3.75. The highest BCUT2D eigenvalue weighted by atomic mass is 15.1. The van der Waals surface area contributed by atoms with E-state index in [2.05, 4.69) is 31.6 Å². The van der Waals surface area contributed by atoms with Gasteiger partial charge in [-0.05, 0) is 12.5 Å². The van der Waals surface area contributed by atoms with Crippen molar-refractivity contribution in [3.63, 3.8) is 0 Å². The van der Waals surface area contributed by atoms with Crippen LogP contribution in [0.3, 0.4) is 0 Å². The van der Waals surface area contributed by atoms with E-state index in [0.29, 0.717) is 0 Å².